The van der Waals surface area contributed by atoms with Gasteiger partial charge in [-0.3, -0.25) is 9.59 Å². The molecule has 0 aliphatic heterocycles. The van der Waals surface area contributed by atoms with Crippen LogP contribution in [0.15, 0.2) is 12.7 Å². The van der Waals surface area contributed by atoms with Crippen molar-refractivity contribution in [1.29, 1.82) is 0 Å². The summed E-state index contributed by atoms with van der Waals surface area (Å²) in [6.45, 7) is 7.35. The van der Waals surface area contributed by atoms with Crippen molar-refractivity contribution >= 4 is 17.9 Å². The van der Waals surface area contributed by atoms with Gasteiger partial charge in [-0.05, 0) is 70.6 Å². The lowest BCUT2D eigenvalue weighted by Crippen LogP contribution is -2.51. The van der Waals surface area contributed by atoms with Gasteiger partial charge >= 0.3 is 11.9 Å². The zero-order chi connectivity index (χ0) is 25.5. The molecule has 0 aliphatic carbocycles. The van der Waals surface area contributed by atoms with E-state index in [1.807, 2.05) is 6.08 Å². The van der Waals surface area contributed by atoms with Crippen LogP contribution in [0.2, 0.25) is 0 Å². The number of carboxylic acid groups (broad SMARTS) is 3. The Morgan fingerprint density at radius 3 is 1.32 bits per heavy atom. The molecule has 0 amide bonds. The van der Waals surface area contributed by atoms with E-state index in [4.69, 9.17) is 10.2 Å². The number of nitrogens with zero attached hydrogens (tertiary/aromatic N) is 1. The predicted octanol–water partition coefficient (Wildman–Crippen LogP) is 4.93. The van der Waals surface area contributed by atoms with E-state index in [0.29, 0.717) is 19.3 Å². The number of aliphatic carboxylic acids is 3. The van der Waals surface area contributed by atoms with Crippen molar-refractivity contribution < 1.29 is 34.2 Å². The molecule has 7 nitrogen and oxygen atoms in total. The highest BCUT2D eigenvalue weighted by atomic mass is 16.4. The molecule has 34 heavy (non-hydrogen) atoms. The zero-order valence-corrected chi connectivity index (χ0v) is 21.3. The van der Waals surface area contributed by atoms with E-state index >= 15 is 0 Å². The van der Waals surface area contributed by atoms with Crippen molar-refractivity contribution in [3.63, 3.8) is 0 Å². The molecule has 0 atom stereocenters. The number of carbonyl (C=O) groups is 3. The van der Waals surface area contributed by atoms with Crippen molar-refractivity contribution in [2.24, 2.45) is 0 Å². The van der Waals surface area contributed by atoms with E-state index in [9.17, 15) is 19.5 Å². The quantitative estimate of drug-likeness (QED) is 0.102. The molecule has 0 heterocycles. The van der Waals surface area contributed by atoms with E-state index in [-0.39, 0.29) is 19.3 Å². The van der Waals surface area contributed by atoms with Gasteiger partial charge in [-0.15, -0.1) is 6.58 Å². The minimum atomic E-state index is -1.02. The number of unbranched alkanes of at least 4 members (excludes halogenated alkanes) is 11. The largest absolute Gasteiger partial charge is 0.550 e. The summed E-state index contributed by atoms with van der Waals surface area (Å²) in [6, 6.07) is 0. The SMILES string of the molecule is C=CCCCCCCCCCC[N+](CCCCC(=O)[O-])(CCCCC(=O)O)CCCCC(=O)O. The molecule has 0 aliphatic rings. The van der Waals surface area contributed by atoms with E-state index in [1.54, 1.807) is 0 Å². The summed E-state index contributed by atoms with van der Waals surface area (Å²) >= 11 is 0. The minimum absolute atomic E-state index is 0.0603. The summed E-state index contributed by atoms with van der Waals surface area (Å²) in [4.78, 5) is 32.6. The highest BCUT2D eigenvalue weighted by Crippen LogP contribution is 2.19. The normalized spacial score (nSPS) is 11.4. The van der Waals surface area contributed by atoms with Gasteiger partial charge in [-0.25, -0.2) is 0 Å². The number of allylic oxidation sites excluding steroid dienone is 1. The maximum atomic E-state index is 10.9. The molecule has 0 saturated heterocycles. The number of quaternary nitrogens is 1. The van der Waals surface area contributed by atoms with Gasteiger partial charge < -0.3 is 24.6 Å². The monoisotopic (exact) mass is 483 g/mol. The molecule has 198 valence electrons. The molecule has 0 spiro atoms. The molecule has 0 aromatic rings. The molecule has 0 radical (unpaired) electrons. The Morgan fingerprint density at radius 2 is 0.941 bits per heavy atom. The lowest BCUT2D eigenvalue weighted by atomic mass is 10.1. The van der Waals surface area contributed by atoms with Crippen LogP contribution in [0.3, 0.4) is 0 Å². The molecule has 0 aromatic heterocycles. The van der Waals surface area contributed by atoms with Gasteiger partial charge in [0.25, 0.3) is 0 Å². The van der Waals surface area contributed by atoms with Gasteiger partial charge in [-0.2, -0.15) is 0 Å². The van der Waals surface area contributed by atoms with Crippen molar-refractivity contribution in [2.75, 3.05) is 26.2 Å². The maximum absolute atomic E-state index is 10.9. The Balaban J connectivity index is 4.73. The van der Waals surface area contributed by atoms with Crippen molar-refractivity contribution in [3.05, 3.63) is 12.7 Å². The van der Waals surface area contributed by atoms with E-state index in [2.05, 4.69) is 6.58 Å². The van der Waals surface area contributed by atoms with E-state index < -0.39 is 17.9 Å². The zero-order valence-electron chi connectivity index (χ0n) is 21.3. The lowest BCUT2D eigenvalue weighted by Gasteiger charge is -2.39. The first-order valence-corrected chi connectivity index (χ1v) is 13.4. The Morgan fingerprint density at radius 1 is 0.588 bits per heavy atom. The van der Waals surface area contributed by atoms with E-state index in [1.165, 1.54) is 38.5 Å². The number of rotatable bonds is 26. The number of carbonyl (C=O) groups excluding carboxylic acids is 1. The fourth-order valence-corrected chi connectivity index (χ4v) is 4.63. The highest BCUT2D eigenvalue weighted by molar-refractivity contribution is 5.66. The Kier molecular flexibility index (Phi) is 20.4. The Bertz CT molecular complexity index is 508. The second-order valence-corrected chi connectivity index (χ2v) is 9.67. The number of hydrogen-bond acceptors (Lipinski definition) is 4. The molecule has 0 saturated carbocycles. The molecule has 0 bridgehead atoms. The van der Waals surface area contributed by atoms with Crippen LogP contribution < -0.4 is 5.11 Å². The van der Waals surface area contributed by atoms with Gasteiger partial charge in [-0.1, -0.05) is 38.2 Å². The third-order valence-electron chi connectivity index (χ3n) is 6.60. The maximum Gasteiger partial charge on any atom is 0.303 e. The standard InChI is InChI=1S/C27H49NO6/c1-2-3-4-5-6-7-8-9-10-14-21-28(22-15-11-18-25(29)30,23-16-12-19-26(31)32)24-17-13-20-27(33)34/h2H,1,3-24H2,(H2-,29,30,31,32,33,34). The first-order chi connectivity index (χ1) is 16.3. The average molecular weight is 484 g/mol. The molecule has 0 aromatic carbocycles. The fourth-order valence-electron chi connectivity index (χ4n) is 4.63. The summed E-state index contributed by atoms with van der Waals surface area (Å²) in [5, 5.41) is 28.8. The average Bonchev–Trinajstić information content (AvgIpc) is 2.78. The minimum Gasteiger partial charge on any atom is -0.550 e. The molecule has 2 N–H and O–H groups in total. The van der Waals surface area contributed by atoms with Crippen LogP contribution in [-0.4, -0.2) is 58.8 Å². The van der Waals surface area contributed by atoms with Crippen LogP contribution >= 0.6 is 0 Å². The van der Waals surface area contributed by atoms with Crippen molar-refractivity contribution in [1.82, 2.24) is 0 Å². The molecule has 7 heteroatoms. The van der Waals surface area contributed by atoms with Gasteiger partial charge in [0.15, 0.2) is 0 Å². The Labute approximate surface area is 206 Å². The van der Waals surface area contributed by atoms with Gasteiger partial charge in [0.2, 0.25) is 0 Å². The molecular formula is C27H49NO6. The molecule has 0 fully saturated rings. The van der Waals surface area contributed by atoms with Gasteiger partial charge in [0, 0.05) is 18.8 Å². The summed E-state index contributed by atoms with van der Waals surface area (Å²) in [5.74, 6) is -2.58. The second-order valence-electron chi connectivity index (χ2n) is 9.67. The highest BCUT2D eigenvalue weighted by Gasteiger charge is 2.26. The lowest BCUT2D eigenvalue weighted by molar-refractivity contribution is -0.929. The van der Waals surface area contributed by atoms with Crippen LogP contribution in [0.4, 0.5) is 0 Å². The second kappa shape index (κ2) is 21.6. The first kappa shape index (κ1) is 32.1. The van der Waals surface area contributed by atoms with Crippen LogP contribution in [0.5, 0.6) is 0 Å². The fraction of sp³-hybridized carbons (Fsp3) is 0.815. The first-order valence-electron chi connectivity index (χ1n) is 13.4. The van der Waals surface area contributed by atoms with Gasteiger partial charge in [0.05, 0.1) is 26.2 Å². The summed E-state index contributed by atoms with van der Waals surface area (Å²) < 4.78 is 0.841. The van der Waals surface area contributed by atoms with Crippen molar-refractivity contribution in [3.8, 4) is 0 Å². The smallest absolute Gasteiger partial charge is 0.303 e. The number of carboxylic acids is 3. The third-order valence-corrected chi connectivity index (χ3v) is 6.60. The summed E-state index contributed by atoms with van der Waals surface area (Å²) in [6.07, 6.45) is 17.5. The van der Waals surface area contributed by atoms with Crippen LogP contribution in [0.25, 0.3) is 0 Å². The molecule has 0 unspecified atom stereocenters. The third kappa shape index (κ3) is 20.7. The summed E-state index contributed by atoms with van der Waals surface area (Å²) in [5.41, 5.74) is 0. The molecular weight excluding hydrogens is 434 g/mol. The predicted molar refractivity (Wildman–Crippen MR) is 133 cm³/mol. The van der Waals surface area contributed by atoms with Gasteiger partial charge in [0.1, 0.15) is 0 Å². The van der Waals surface area contributed by atoms with Crippen LogP contribution in [0.1, 0.15) is 116 Å². The van der Waals surface area contributed by atoms with Crippen molar-refractivity contribution in [2.45, 2.75) is 116 Å². The topological polar surface area (TPSA) is 115 Å². The Hall–Kier alpha value is -1.89. The summed E-state index contributed by atoms with van der Waals surface area (Å²) in [7, 11) is 0. The molecule has 0 rings (SSSR count). The number of hydrogen-bond donors (Lipinski definition) is 2. The van der Waals surface area contributed by atoms with Crippen LogP contribution in [0, 0.1) is 0 Å². The van der Waals surface area contributed by atoms with E-state index in [0.717, 1.165) is 69.2 Å². The van der Waals surface area contributed by atoms with Crippen LogP contribution in [-0.2, 0) is 14.4 Å².